The number of hydrogen-bond acceptors (Lipinski definition) is 8. The maximum absolute atomic E-state index is 13.5. The Balaban J connectivity index is 2.01. The van der Waals surface area contributed by atoms with Crippen molar-refractivity contribution in [3.8, 4) is 0 Å². The van der Waals surface area contributed by atoms with Crippen LogP contribution in [0.3, 0.4) is 0 Å². The molecule has 2 aliphatic rings. The maximum Gasteiger partial charge on any atom is 0.314 e. The van der Waals surface area contributed by atoms with E-state index in [1.807, 2.05) is 56.3 Å². The van der Waals surface area contributed by atoms with E-state index in [0.29, 0.717) is 6.42 Å². The molecule has 0 aliphatic carbocycles. The quantitative estimate of drug-likeness (QED) is 0.456. The third kappa shape index (κ3) is 6.61. The molecular weight excluding hydrogens is 476 g/mol. The number of fused-ring (bicyclic) bond motifs is 2. The Morgan fingerprint density at radius 1 is 0.946 bits per heavy atom. The van der Waals surface area contributed by atoms with Gasteiger partial charge in [-0.2, -0.15) is 0 Å². The number of carbonyl (C=O) groups is 1. The predicted octanol–water partition coefficient (Wildman–Crippen LogP) is 3.80. The molecule has 2 N–H and O–H groups in total. The standard InChI is InChI=1S/C29H44O8/c1-18-16-17-24(34-5)23(33-4)15-11-10-14-22(21-12-8-7-9-13-21)36-28(31)20(3)29(32)27(35-6)25(30)19(2)26(18)37-29/h7-9,12-13,16-20,22-27,30,32H,10-11,14-15H2,1-6H3/t18?,19?,20?,22?,23?,24?,25?,26?,27?,29-/m1/s1. The number of aliphatic hydroxyl groups excluding tert-OH is 1. The van der Waals surface area contributed by atoms with Crippen molar-refractivity contribution >= 4 is 5.97 Å². The average Bonchev–Trinajstić information content (AvgIpc) is 2.90. The summed E-state index contributed by atoms with van der Waals surface area (Å²) in [6.45, 7) is 5.36. The first-order valence-electron chi connectivity index (χ1n) is 13.3. The van der Waals surface area contributed by atoms with Crippen LogP contribution >= 0.6 is 0 Å². The molecule has 8 heteroatoms. The molecule has 10 atom stereocenters. The zero-order valence-electron chi connectivity index (χ0n) is 22.9. The summed E-state index contributed by atoms with van der Waals surface area (Å²) in [7, 11) is 4.72. The average molecular weight is 521 g/mol. The van der Waals surface area contributed by atoms with Gasteiger partial charge in [-0.15, -0.1) is 0 Å². The number of cyclic esters (lactones) is 1. The molecule has 0 saturated carbocycles. The van der Waals surface area contributed by atoms with Crippen LogP contribution < -0.4 is 0 Å². The molecule has 3 rings (SSSR count). The first-order chi connectivity index (χ1) is 17.7. The maximum atomic E-state index is 13.5. The molecule has 2 bridgehead atoms. The van der Waals surface area contributed by atoms with Crippen LogP contribution in [0.15, 0.2) is 42.5 Å². The summed E-state index contributed by atoms with van der Waals surface area (Å²) >= 11 is 0. The fourth-order valence-corrected chi connectivity index (χ4v) is 5.56. The van der Waals surface area contributed by atoms with E-state index < -0.39 is 42.1 Å². The summed E-state index contributed by atoms with van der Waals surface area (Å²) < 4.78 is 29.3. The first kappa shape index (κ1) is 29.7. The summed E-state index contributed by atoms with van der Waals surface area (Å²) in [5, 5.41) is 22.9. The normalized spacial score (nSPS) is 40.2. The molecule has 208 valence electrons. The van der Waals surface area contributed by atoms with Gasteiger partial charge in [0.2, 0.25) is 5.79 Å². The van der Waals surface area contributed by atoms with Gasteiger partial charge in [-0.3, -0.25) is 4.79 Å². The smallest absolute Gasteiger partial charge is 0.314 e. The summed E-state index contributed by atoms with van der Waals surface area (Å²) in [5.41, 5.74) is 0.880. The van der Waals surface area contributed by atoms with E-state index in [-0.39, 0.29) is 24.0 Å². The van der Waals surface area contributed by atoms with Crippen LogP contribution in [-0.4, -0.2) is 73.8 Å². The van der Waals surface area contributed by atoms with Crippen molar-refractivity contribution in [2.24, 2.45) is 17.8 Å². The number of esters is 1. The molecule has 1 aromatic rings. The lowest BCUT2D eigenvalue weighted by atomic mass is 9.78. The number of ether oxygens (including phenoxy) is 5. The van der Waals surface area contributed by atoms with E-state index in [1.165, 1.54) is 7.11 Å². The number of methoxy groups -OCH3 is 3. The van der Waals surface area contributed by atoms with E-state index in [9.17, 15) is 15.0 Å². The monoisotopic (exact) mass is 520 g/mol. The van der Waals surface area contributed by atoms with Gasteiger partial charge in [-0.05, 0) is 31.7 Å². The highest BCUT2D eigenvalue weighted by Crippen LogP contribution is 2.42. The molecule has 8 nitrogen and oxygen atoms in total. The van der Waals surface area contributed by atoms with Gasteiger partial charge in [0.05, 0.1) is 18.3 Å². The molecule has 0 spiro atoms. The zero-order chi connectivity index (χ0) is 27.2. The predicted molar refractivity (Wildman–Crippen MR) is 139 cm³/mol. The minimum Gasteiger partial charge on any atom is -0.457 e. The molecule has 0 amide bonds. The van der Waals surface area contributed by atoms with Gasteiger partial charge < -0.3 is 33.9 Å². The molecule has 0 aromatic heterocycles. The second kappa shape index (κ2) is 13.3. The lowest BCUT2D eigenvalue weighted by Gasteiger charge is -2.51. The Hall–Kier alpha value is -1.81. The van der Waals surface area contributed by atoms with Gasteiger partial charge in [0.25, 0.3) is 0 Å². The Labute approximate surface area is 220 Å². The van der Waals surface area contributed by atoms with Crippen molar-refractivity contribution in [2.45, 2.75) is 88.9 Å². The van der Waals surface area contributed by atoms with Gasteiger partial charge in [0.15, 0.2) is 0 Å². The number of carbonyl (C=O) groups excluding carboxylic acids is 1. The second-order valence-electron chi connectivity index (χ2n) is 10.4. The Morgan fingerprint density at radius 2 is 1.62 bits per heavy atom. The summed E-state index contributed by atoms with van der Waals surface area (Å²) in [5.74, 6) is -4.38. The van der Waals surface area contributed by atoms with Gasteiger partial charge in [0.1, 0.15) is 24.2 Å². The number of aliphatic hydroxyl groups is 2. The van der Waals surface area contributed by atoms with Crippen molar-refractivity contribution in [3.05, 3.63) is 48.0 Å². The minimum absolute atomic E-state index is 0.149. The van der Waals surface area contributed by atoms with Crippen LogP contribution in [0.5, 0.6) is 0 Å². The number of benzene rings is 1. The van der Waals surface area contributed by atoms with Crippen LogP contribution in [0.4, 0.5) is 0 Å². The van der Waals surface area contributed by atoms with E-state index in [2.05, 4.69) is 0 Å². The molecule has 2 heterocycles. The van der Waals surface area contributed by atoms with Gasteiger partial charge >= 0.3 is 5.97 Å². The number of hydrogen-bond donors (Lipinski definition) is 2. The summed E-state index contributed by atoms with van der Waals surface area (Å²) in [6, 6.07) is 9.58. The molecule has 0 radical (unpaired) electrons. The van der Waals surface area contributed by atoms with Crippen LogP contribution in [0.25, 0.3) is 0 Å². The minimum atomic E-state index is -2.08. The highest BCUT2D eigenvalue weighted by molar-refractivity contribution is 5.73. The second-order valence-corrected chi connectivity index (χ2v) is 10.4. The van der Waals surface area contributed by atoms with Gasteiger partial charge in [0, 0.05) is 33.2 Å². The van der Waals surface area contributed by atoms with E-state index >= 15 is 0 Å². The van der Waals surface area contributed by atoms with Crippen LogP contribution in [0, 0.1) is 17.8 Å². The van der Waals surface area contributed by atoms with Crippen LogP contribution in [-0.2, 0) is 28.5 Å². The molecule has 9 unspecified atom stereocenters. The van der Waals surface area contributed by atoms with Crippen molar-refractivity contribution < 1.29 is 38.7 Å². The SMILES string of the molecule is COC1C=CC(C)C2O[C@](O)(C(C)C(=O)OC(c3ccccc3)CCCCC1OC)C(OC)C(O)C2C. The first-order valence-corrected chi connectivity index (χ1v) is 13.3. The largest absolute Gasteiger partial charge is 0.457 e. The highest BCUT2D eigenvalue weighted by atomic mass is 16.7. The molecule has 1 aromatic carbocycles. The Kier molecular flexibility index (Phi) is 10.7. The molecule has 1 saturated heterocycles. The topological polar surface area (TPSA) is 104 Å². The molecule has 1 fully saturated rings. The number of rotatable bonds is 4. The third-order valence-corrected chi connectivity index (χ3v) is 8.03. The fraction of sp³-hybridized carbons (Fsp3) is 0.690. The van der Waals surface area contributed by atoms with Crippen molar-refractivity contribution in [2.75, 3.05) is 21.3 Å². The van der Waals surface area contributed by atoms with Crippen molar-refractivity contribution in [1.29, 1.82) is 0 Å². The Bertz CT molecular complexity index is 876. The van der Waals surface area contributed by atoms with E-state index in [4.69, 9.17) is 23.7 Å². The van der Waals surface area contributed by atoms with Gasteiger partial charge in [-0.25, -0.2) is 0 Å². The summed E-state index contributed by atoms with van der Waals surface area (Å²) in [6.07, 6.45) is 3.29. The molecular formula is C29H44O8. The van der Waals surface area contributed by atoms with Crippen LogP contribution in [0.1, 0.15) is 58.1 Å². The molecule has 37 heavy (non-hydrogen) atoms. The lowest BCUT2D eigenvalue weighted by molar-refractivity contribution is -0.360. The highest BCUT2D eigenvalue weighted by Gasteiger charge is 2.58. The lowest BCUT2D eigenvalue weighted by Crippen LogP contribution is -2.66. The summed E-state index contributed by atoms with van der Waals surface area (Å²) in [4.78, 5) is 13.5. The van der Waals surface area contributed by atoms with Gasteiger partial charge in [-0.1, -0.05) is 62.8 Å². The zero-order valence-corrected chi connectivity index (χ0v) is 22.9. The molecule has 2 aliphatic heterocycles. The van der Waals surface area contributed by atoms with E-state index in [0.717, 1.165) is 24.8 Å². The fourth-order valence-electron chi connectivity index (χ4n) is 5.56. The van der Waals surface area contributed by atoms with Crippen LogP contribution in [0.2, 0.25) is 0 Å². The third-order valence-electron chi connectivity index (χ3n) is 8.03. The Morgan fingerprint density at radius 3 is 2.24 bits per heavy atom. The van der Waals surface area contributed by atoms with Crippen molar-refractivity contribution in [3.63, 3.8) is 0 Å². The van der Waals surface area contributed by atoms with Crippen molar-refractivity contribution in [1.82, 2.24) is 0 Å². The van der Waals surface area contributed by atoms with E-state index in [1.54, 1.807) is 21.1 Å².